The van der Waals surface area contributed by atoms with E-state index in [1.807, 2.05) is 77.3 Å². The monoisotopic (exact) mass is 1030 g/mol. The van der Waals surface area contributed by atoms with Gasteiger partial charge in [0.25, 0.3) is 21.1 Å². The lowest BCUT2D eigenvalue weighted by molar-refractivity contribution is 0.0208. The van der Waals surface area contributed by atoms with E-state index in [-0.39, 0.29) is 50.4 Å². The van der Waals surface area contributed by atoms with Gasteiger partial charge in [0.15, 0.2) is 17.3 Å². The molecule has 1 aromatic carbocycles. The molecular formula is C48H54Cl2N12O8S. The van der Waals surface area contributed by atoms with Crippen molar-refractivity contribution in [2.75, 3.05) is 49.1 Å². The van der Waals surface area contributed by atoms with Crippen molar-refractivity contribution in [1.82, 2.24) is 48.7 Å². The van der Waals surface area contributed by atoms with Crippen molar-refractivity contribution in [1.29, 1.82) is 0 Å². The minimum atomic E-state index is -3.99. The number of piperazine rings is 2. The molecule has 0 unspecified atom stereocenters. The maximum absolute atomic E-state index is 13.5. The van der Waals surface area contributed by atoms with Crippen LogP contribution in [0.2, 0.25) is 10.0 Å². The Morgan fingerprint density at radius 2 is 1.17 bits per heavy atom. The Bertz CT molecular complexity index is 3370. The first-order valence-corrected chi connectivity index (χ1v) is 25.0. The lowest BCUT2D eigenvalue weighted by Crippen LogP contribution is -2.55. The highest BCUT2D eigenvalue weighted by Crippen LogP contribution is 2.34. The minimum absolute atomic E-state index is 0.0271. The molecule has 2 atom stereocenters. The average molecular weight is 1030 g/mol. The van der Waals surface area contributed by atoms with Crippen molar-refractivity contribution in [3.05, 3.63) is 110 Å². The van der Waals surface area contributed by atoms with E-state index in [1.54, 1.807) is 52.5 Å². The Morgan fingerprint density at radius 3 is 1.68 bits per heavy atom. The fourth-order valence-electron chi connectivity index (χ4n) is 8.32. The Balaban J connectivity index is 0.000000197. The second-order valence-electron chi connectivity index (χ2n) is 19.2. The van der Waals surface area contributed by atoms with Gasteiger partial charge in [0.1, 0.15) is 38.5 Å². The van der Waals surface area contributed by atoms with Crippen LogP contribution < -0.4 is 20.9 Å². The summed E-state index contributed by atoms with van der Waals surface area (Å²) in [6.45, 7) is 17.2. The number of hydrogen-bond acceptors (Lipinski definition) is 14. The number of rotatable bonds is 6. The second-order valence-corrected chi connectivity index (χ2v) is 21.7. The smallest absolute Gasteiger partial charge is 0.410 e. The topological polar surface area (TPSA) is 238 Å². The van der Waals surface area contributed by atoms with Gasteiger partial charge in [0, 0.05) is 98.0 Å². The number of aromatic nitrogens is 8. The Kier molecular flexibility index (Phi) is 14.0. The number of hydrogen-bond donors (Lipinski definition) is 3. The predicted octanol–water partition coefficient (Wildman–Crippen LogP) is 7.53. The van der Waals surface area contributed by atoms with E-state index in [1.165, 1.54) is 24.5 Å². The molecule has 2 saturated heterocycles. The molecule has 2 fully saturated rings. The number of nitrogens with one attached hydrogen (secondary N) is 3. The maximum atomic E-state index is 13.5. The van der Waals surface area contributed by atoms with Crippen molar-refractivity contribution in [3.8, 4) is 22.8 Å². The van der Waals surface area contributed by atoms with Gasteiger partial charge in [-0.05, 0) is 91.8 Å². The molecular weight excluding hydrogens is 976 g/mol. The summed E-state index contributed by atoms with van der Waals surface area (Å²) in [5.41, 5.74) is -0.156. The number of amides is 2. The van der Waals surface area contributed by atoms with Crippen LogP contribution in [0.4, 0.5) is 21.2 Å². The Morgan fingerprint density at radius 1 is 0.676 bits per heavy atom. The number of ether oxygens (including phenoxy) is 2. The molecule has 9 rings (SSSR count). The van der Waals surface area contributed by atoms with E-state index in [9.17, 15) is 27.6 Å². The third-order valence-electron chi connectivity index (χ3n) is 11.6. The van der Waals surface area contributed by atoms with E-state index in [2.05, 4.69) is 29.9 Å². The van der Waals surface area contributed by atoms with Crippen LogP contribution >= 0.6 is 23.2 Å². The van der Waals surface area contributed by atoms with Gasteiger partial charge in [-0.1, -0.05) is 41.4 Å². The first-order chi connectivity index (χ1) is 33.5. The average Bonchev–Trinajstić information content (AvgIpc) is 3.94. The van der Waals surface area contributed by atoms with Crippen molar-refractivity contribution in [2.24, 2.45) is 0 Å². The van der Waals surface area contributed by atoms with Crippen LogP contribution in [0.1, 0.15) is 55.4 Å². The van der Waals surface area contributed by atoms with Crippen molar-refractivity contribution < 1.29 is 27.5 Å². The number of carbonyl (C=O) groups is 2. The molecule has 71 heavy (non-hydrogen) atoms. The van der Waals surface area contributed by atoms with Crippen LogP contribution in [0.15, 0.2) is 93.9 Å². The number of fused-ring (bicyclic) bond motifs is 2. The fraction of sp³-hybridized carbons (Fsp3) is 0.375. The number of halogens is 2. The first kappa shape index (κ1) is 50.4. The largest absolute Gasteiger partial charge is 0.444 e. The van der Waals surface area contributed by atoms with Crippen LogP contribution in [0.3, 0.4) is 0 Å². The molecule has 2 aliphatic heterocycles. The van der Waals surface area contributed by atoms with Gasteiger partial charge in [-0.25, -0.2) is 41.9 Å². The lowest BCUT2D eigenvalue weighted by Gasteiger charge is -2.41. The SMILES string of the molecule is C[C@H]1CN(C(=O)OC(C)(C)C)CCN1c1nc(-c2c[nH]c3ncccc23)[nH]c(=O)c1Cl.C[C@H]1CN(C(=O)OC(C)(C)C)CCN1c1nc(-c2cn(S(=O)(=O)c3ccccc3)c3ncccc23)[nH]c(=O)c1Cl. The molecule has 0 saturated carbocycles. The van der Waals surface area contributed by atoms with Crippen LogP contribution in [0, 0.1) is 0 Å². The number of H-pyrrole nitrogens is 3. The summed E-state index contributed by atoms with van der Waals surface area (Å²) in [7, 11) is -3.99. The van der Waals surface area contributed by atoms with Crippen LogP contribution in [0.5, 0.6) is 0 Å². The van der Waals surface area contributed by atoms with Gasteiger partial charge in [-0.2, -0.15) is 0 Å². The molecule has 0 radical (unpaired) electrons. The van der Waals surface area contributed by atoms with Crippen LogP contribution in [-0.2, 0) is 19.5 Å². The number of anilines is 2. The van der Waals surface area contributed by atoms with Gasteiger partial charge in [-0.15, -0.1) is 0 Å². The highest BCUT2D eigenvalue weighted by atomic mass is 35.5. The van der Waals surface area contributed by atoms with Gasteiger partial charge < -0.3 is 44.0 Å². The summed E-state index contributed by atoms with van der Waals surface area (Å²) in [5.74, 6) is 1.19. The van der Waals surface area contributed by atoms with Crippen LogP contribution in [-0.4, -0.2) is 132 Å². The summed E-state index contributed by atoms with van der Waals surface area (Å²) in [5, 5.41) is 1.27. The molecule has 0 aliphatic carbocycles. The molecule has 23 heteroatoms. The predicted molar refractivity (Wildman–Crippen MR) is 272 cm³/mol. The number of aromatic amines is 3. The summed E-state index contributed by atoms with van der Waals surface area (Å²) < 4.78 is 39.1. The summed E-state index contributed by atoms with van der Waals surface area (Å²) in [6.07, 6.45) is 5.59. The zero-order chi connectivity index (χ0) is 51.2. The molecule has 0 spiro atoms. The van der Waals surface area contributed by atoms with Gasteiger partial charge in [-0.3, -0.25) is 9.59 Å². The maximum Gasteiger partial charge on any atom is 0.410 e. The molecule has 2 aliphatic rings. The zero-order valence-corrected chi connectivity index (χ0v) is 42.7. The summed E-state index contributed by atoms with van der Waals surface area (Å²) in [6, 6.07) is 14.8. The van der Waals surface area contributed by atoms with Gasteiger partial charge in [0.05, 0.1) is 4.90 Å². The zero-order valence-electron chi connectivity index (χ0n) is 40.4. The molecule has 0 bridgehead atoms. The lowest BCUT2D eigenvalue weighted by atomic mass is 10.2. The molecule has 2 amide bonds. The molecule has 3 N–H and O–H groups in total. The van der Waals surface area contributed by atoms with E-state index < -0.39 is 38.4 Å². The van der Waals surface area contributed by atoms with E-state index >= 15 is 0 Å². The first-order valence-electron chi connectivity index (χ1n) is 22.8. The van der Waals surface area contributed by atoms with E-state index in [0.717, 1.165) is 14.9 Å². The van der Waals surface area contributed by atoms with Gasteiger partial charge in [0.2, 0.25) is 0 Å². The number of benzene rings is 1. The summed E-state index contributed by atoms with van der Waals surface area (Å²) >= 11 is 12.8. The Hall–Kier alpha value is -6.97. The normalized spacial score (nSPS) is 16.8. The standard InChI is InChI=1S/C27H29ClN6O5S.C21H25ClN6O3/c1-17-15-32(26(36)39-27(2,3)4)13-14-33(17)24-21(28)25(35)31-22(30-24)20-16-34(23-19(20)11-8-12-29-23)40(37,38)18-9-6-5-7-10-18;1-12-11-27(20(30)31-21(2,3)4)8-9-28(12)18-15(22)19(29)26-17(25-18)14-10-24-16-13(14)6-5-7-23-16/h5-12,16-17H,13-15H2,1-4H3,(H,30,31,35);5-7,10,12H,8-9,11H2,1-4H3,(H,23,24)(H,25,26,29)/t17-;12-/m00/s1. The fourth-order valence-corrected chi connectivity index (χ4v) is 10.1. The molecule has 7 aromatic rings. The highest BCUT2D eigenvalue weighted by molar-refractivity contribution is 7.90. The number of carbonyl (C=O) groups excluding carboxylic acids is 2. The second kappa shape index (κ2) is 19.7. The van der Waals surface area contributed by atoms with Crippen molar-refractivity contribution in [2.45, 2.75) is 83.6 Å². The van der Waals surface area contributed by atoms with Crippen LogP contribution in [0.25, 0.3) is 44.8 Å². The Labute approximate surface area is 419 Å². The van der Waals surface area contributed by atoms with E-state index in [0.29, 0.717) is 67.5 Å². The number of nitrogens with zero attached hydrogens (tertiary/aromatic N) is 9. The third kappa shape index (κ3) is 10.7. The molecule has 20 nitrogen and oxygen atoms in total. The van der Waals surface area contributed by atoms with E-state index in [4.69, 9.17) is 37.7 Å². The molecule has 6 aromatic heterocycles. The minimum Gasteiger partial charge on any atom is -0.444 e. The van der Waals surface area contributed by atoms with Gasteiger partial charge >= 0.3 is 12.2 Å². The molecule has 374 valence electrons. The van der Waals surface area contributed by atoms with Crippen molar-refractivity contribution >= 4 is 79.1 Å². The quantitative estimate of drug-likeness (QED) is 0.146. The number of pyridine rings is 2. The summed E-state index contributed by atoms with van der Waals surface area (Å²) in [4.78, 5) is 84.3. The highest BCUT2D eigenvalue weighted by Gasteiger charge is 2.34. The van der Waals surface area contributed by atoms with Crippen molar-refractivity contribution in [3.63, 3.8) is 0 Å². The third-order valence-corrected chi connectivity index (χ3v) is 13.9. The molecule has 8 heterocycles.